The second-order valence-corrected chi connectivity index (χ2v) is 10.7. The maximum atomic E-state index is 12.5. The summed E-state index contributed by atoms with van der Waals surface area (Å²) in [6.45, 7) is 5.09. The van der Waals surface area contributed by atoms with Gasteiger partial charge in [0, 0.05) is 36.5 Å². The predicted molar refractivity (Wildman–Crippen MR) is 174 cm³/mol. The lowest BCUT2D eigenvalue weighted by Gasteiger charge is -2.13. The van der Waals surface area contributed by atoms with Gasteiger partial charge >= 0.3 is 0 Å². The number of benzene rings is 2. The molecule has 0 unspecified atom stereocenters. The van der Waals surface area contributed by atoms with Crippen LogP contribution in [0.1, 0.15) is 120 Å². The summed E-state index contributed by atoms with van der Waals surface area (Å²) >= 11 is 0. The van der Waals surface area contributed by atoms with Gasteiger partial charge in [0.25, 0.3) is 0 Å². The van der Waals surface area contributed by atoms with Gasteiger partial charge in [0.15, 0.2) is 11.6 Å². The molecule has 0 aromatic heterocycles. The molecule has 0 aliphatic heterocycles. The molecule has 0 amide bonds. The Kier molecular flexibility index (Phi) is 17.9. The molecule has 0 aliphatic rings. The van der Waals surface area contributed by atoms with Crippen molar-refractivity contribution in [1.29, 1.82) is 5.26 Å². The summed E-state index contributed by atoms with van der Waals surface area (Å²) in [5.41, 5.74) is 2.50. The molecule has 2 aromatic rings. The fourth-order valence-electron chi connectivity index (χ4n) is 4.51. The number of hydrogen-bond acceptors (Lipinski definition) is 6. The molecule has 2 aromatic carbocycles. The van der Waals surface area contributed by atoms with E-state index in [4.69, 9.17) is 10.00 Å². The Labute approximate surface area is 253 Å². The van der Waals surface area contributed by atoms with Crippen molar-refractivity contribution in [3.05, 3.63) is 78.1 Å². The van der Waals surface area contributed by atoms with Crippen LogP contribution in [-0.2, 0) is 4.79 Å². The monoisotopic (exact) mass is 571 g/mol. The van der Waals surface area contributed by atoms with E-state index in [2.05, 4.69) is 30.6 Å². The molecule has 0 aliphatic carbocycles. The molecular formula is C36H49N3O3. The first-order chi connectivity index (χ1) is 20.6. The number of allylic oxidation sites excluding steroid dienone is 2. The fourth-order valence-corrected chi connectivity index (χ4v) is 4.51. The fraction of sp³-hybridized carbons (Fsp3) is 0.472. The van der Waals surface area contributed by atoms with E-state index in [0.29, 0.717) is 24.2 Å². The van der Waals surface area contributed by atoms with Crippen molar-refractivity contribution in [2.75, 3.05) is 17.2 Å². The van der Waals surface area contributed by atoms with Gasteiger partial charge in [-0.3, -0.25) is 9.59 Å². The van der Waals surface area contributed by atoms with Crippen molar-refractivity contribution in [1.82, 2.24) is 0 Å². The largest absolute Gasteiger partial charge is 0.494 e. The summed E-state index contributed by atoms with van der Waals surface area (Å²) in [7, 11) is 0. The van der Waals surface area contributed by atoms with Gasteiger partial charge in [0.2, 0.25) is 0 Å². The summed E-state index contributed by atoms with van der Waals surface area (Å²) in [4.78, 5) is 24.9. The standard InChI is InChI=1S/C36H49N3O3/c1-3-5-7-9-11-12-14-16-32(40)23-25-39-35-28-33(42-27-15-13-10-8-6-4-2)21-22-34(35)38-26-24-36(41)31-19-17-30(29-37)18-20-31/h17-26,28,38-39H,3-16,27H2,1-2H3/b25-23+,26-24+. The Morgan fingerprint density at radius 3 is 2.00 bits per heavy atom. The average Bonchev–Trinajstić information content (AvgIpc) is 3.01. The molecule has 0 bridgehead atoms. The Morgan fingerprint density at radius 2 is 1.33 bits per heavy atom. The van der Waals surface area contributed by atoms with Gasteiger partial charge in [-0.15, -0.1) is 0 Å². The zero-order valence-corrected chi connectivity index (χ0v) is 25.6. The normalized spacial score (nSPS) is 11.1. The first kappa shape index (κ1) is 34.4. The summed E-state index contributed by atoms with van der Waals surface area (Å²) in [6.07, 6.45) is 22.3. The van der Waals surface area contributed by atoms with Crippen molar-refractivity contribution in [3.63, 3.8) is 0 Å². The SMILES string of the molecule is CCCCCCCCCC(=O)/C=C/Nc1cc(OCCCCCCCC)ccc1N/C=C/C(=O)c1ccc(C#N)cc1. The molecule has 6 heteroatoms. The molecule has 0 saturated heterocycles. The van der Waals surface area contributed by atoms with Crippen molar-refractivity contribution < 1.29 is 14.3 Å². The number of hydrogen-bond donors (Lipinski definition) is 2. The molecule has 6 nitrogen and oxygen atoms in total. The molecule has 0 radical (unpaired) electrons. The van der Waals surface area contributed by atoms with Gasteiger partial charge in [-0.1, -0.05) is 84.5 Å². The first-order valence-corrected chi connectivity index (χ1v) is 15.8. The summed E-state index contributed by atoms with van der Waals surface area (Å²) in [6, 6.07) is 14.3. The molecule has 2 rings (SSSR count). The van der Waals surface area contributed by atoms with Crippen LogP contribution in [0.4, 0.5) is 11.4 Å². The number of ketones is 2. The Bertz CT molecular complexity index is 1160. The number of anilines is 2. The van der Waals surface area contributed by atoms with Gasteiger partial charge in [0.1, 0.15) is 5.75 Å². The van der Waals surface area contributed by atoms with Crippen LogP contribution >= 0.6 is 0 Å². The minimum absolute atomic E-state index is 0.106. The number of nitrogens with one attached hydrogen (secondary N) is 2. The number of unbranched alkanes of at least 4 members (excludes halogenated alkanes) is 11. The molecule has 0 saturated carbocycles. The van der Waals surface area contributed by atoms with Crippen LogP contribution < -0.4 is 15.4 Å². The van der Waals surface area contributed by atoms with Crippen molar-refractivity contribution in [2.45, 2.75) is 104 Å². The van der Waals surface area contributed by atoms with Crippen molar-refractivity contribution in [3.8, 4) is 11.8 Å². The van der Waals surface area contributed by atoms with E-state index in [1.165, 1.54) is 63.9 Å². The lowest BCUT2D eigenvalue weighted by molar-refractivity contribution is -0.114. The van der Waals surface area contributed by atoms with E-state index in [-0.39, 0.29) is 11.6 Å². The second kappa shape index (κ2) is 21.8. The maximum absolute atomic E-state index is 12.5. The minimum Gasteiger partial charge on any atom is -0.494 e. The number of rotatable bonds is 23. The van der Waals surface area contributed by atoms with Gasteiger partial charge in [-0.2, -0.15) is 5.26 Å². The zero-order valence-electron chi connectivity index (χ0n) is 25.6. The van der Waals surface area contributed by atoms with E-state index in [9.17, 15) is 9.59 Å². The number of ether oxygens (including phenoxy) is 1. The van der Waals surface area contributed by atoms with Crippen LogP contribution in [0.2, 0.25) is 0 Å². The van der Waals surface area contributed by atoms with E-state index in [1.54, 1.807) is 42.7 Å². The highest BCUT2D eigenvalue weighted by Crippen LogP contribution is 2.28. The van der Waals surface area contributed by atoms with E-state index < -0.39 is 0 Å². The molecule has 0 fully saturated rings. The summed E-state index contributed by atoms with van der Waals surface area (Å²) in [5.74, 6) is 0.683. The third-order valence-electron chi connectivity index (χ3n) is 7.06. The molecule has 0 spiro atoms. The zero-order chi connectivity index (χ0) is 30.3. The summed E-state index contributed by atoms with van der Waals surface area (Å²) in [5, 5.41) is 15.3. The molecular weight excluding hydrogens is 522 g/mol. The van der Waals surface area contributed by atoms with Gasteiger partial charge in [-0.25, -0.2) is 0 Å². The highest BCUT2D eigenvalue weighted by molar-refractivity contribution is 6.04. The van der Waals surface area contributed by atoms with Gasteiger partial charge in [0.05, 0.1) is 29.6 Å². The highest BCUT2D eigenvalue weighted by Gasteiger charge is 2.06. The van der Waals surface area contributed by atoms with E-state index in [0.717, 1.165) is 42.8 Å². The Hall–Kier alpha value is -3.85. The molecule has 0 atom stereocenters. The van der Waals surface area contributed by atoms with Crippen molar-refractivity contribution in [2.24, 2.45) is 0 Å². The van der Waals surface area contributed by atoms with Crippen LogP contribution in [0.15, 0.2) is 67.0 Å². The summed E-state index contributed by atoms with van der Waals surface area (Å²) < 4.78 is 6.00. The third-order valence-corrected chi connectivity index (χ3v) is 7.06. The number of nitrogens with zero attached hydrogens (tertiary/aromatic N) is 1. The second-order valence-electron chi connectivity index (χ2n) is 10.7. The van der Waals surface area contributed by atoms with Gasteiger partial charge in [-0.05, 0) is 55.3 Å². The van der Waals surface area contributed by atoms with Crippen LogP contribution in [0.25, 0.3) is 0 Å². The van der Waals surface area contributed by atoms with E-state index in [1.807, 2.05) is 18.2 Å². The minimum atomic E-state index is -0.170. The Balaban J connectivity index is 1.95. The number of carbonyl (C=O) groups is 2. The molecule has 0 heterocycles. The predicted octanol–water partition coefficient (Wildman–Crippen LogP) is 9.74. The van der Waals surface area contributed by atoms with Crippen LogP contribution in [0.5, 0.6) is 5.75 Å². The topological polar surface area (TPSA) is 91.2 Å². The van der Waals surface area contributed by atoms with Crippen LogP contribution in [0, 0.1) is 11.3 Å². The smallest absolute Gasteiger partial charge is 0.187 e. The third kappa shape index (κ3) is 14.7. The van der Waals surface area contributed by atoms with Gasteiger partial charge < -0.3 is 15.4 Å². The quantitative estimate of drug-likeness (QED) is 0.0783. The lowest BCUT2D eigenvalue weighted by atomic mass is 10.1. The van der Waals surface area contributed by atoms with Crippen LogP contribution in [0.3, 0.4) is 0 Å². The number of carbonyl (C=O) groups excluding carboxylic acids is 2. The molecule has 42 heavy (non-hydrogen) atoms. The Morgan fingerprint density at radius 1 is 0.738 bits per heavy atom. The maximum Gasteiger partial charge on any atom is 0.187 e. The molecule has 226 valence electrons. The highest BCUT2D eigenvalue weighted by atomic mass is 16.5. The van der Waals surface area contributed by atoms with Crippen LogP contribution in [-0.4, -0.2) is 18.2 Å². The lowest BCUT2D eigenvalue weighted by Crippen LogP contribution is -2.02. The molecule has 2 N–H and O–H groups in total. The van der Waals surface area contributed by atoms with Crippen molar-refractivity contribution >= 4 is 22.9 Å². The van der Waals surface area contributed by atoms with E-state index >= 15 is 0 Å². The first-order valence-electron chi connectivity index (χ1n) is 15.8. The average molecular weight is 572 g/mol. The number of nitriles is 1.